The van der Waals surface area contributed by atoms with Crippen molar-refractivity contribution in [2.45, 2.75) is 37.4 Å². The molecular formula is C18H23N3O3S2. The Kier molecular flexibility index (Phi) is 5.43. The number of hydrogen-bond acceptors (Lipinski definition) is 5. The van der Waals surface area contributed by atoms with Gasteiger partial charge in [0.1, 0.15) is 0 Å². The summed E-state index contributed by atoms with van der Waals surface area (Å²) >= 11 is 1.33. The SMILES string of the molecule is Cc1[nH]c(SCC(=O)N[C@]2(C)CCS(=O)(=O)C2)nc1Cc1ccccc1. The van der Waals surface area contributed by atoms with Crippen LogP contribution in [0.25, 0.3) is 0 Å². The number of carbonyl (C=O) groups excluding carboxylic acids is 1. The zero-order valence-corrected chi connectivity index (χ0v) is 16.5. The minimum atomic E-state index is -3.04. The van der Waals surface area contributed by atoms with Crippen molar-refractivity contribution in [3.05, 3.63) is 47.3 Å². The Morgan fingerprint density at radius 1 is 1.35 bits per heavy atom. The molecule has 6 nitrogen and oxygen atoms in total. The van der Waals surface area contributed by atoms with Gasteiger partial charge in [-0.25, -0.2) is 13.4 Å². The summed E-state index contributed by atoms with van der Waals surface area (Å²) < 4.78 is 23.3. The van der Waals surface area contributed by atoms with Gasteiger partial charge in [0.15, 0.2) is 15.0 Å². The van der Waals surface area contributed by atoms with E-state index in [1.807, 2.05) is 25.1 Å². The van der Waals surface area contributed by atoms with E-state index in [0.717, 1.165) is 17.8 Å². The fraction of sp³-hybridized carbons (Fsp3) is 0.444. The third-order valence-electron chi connectivity index (χ3n) is 4.46. The Morgan fingerprint density at radius 3 is 2.73 bits per heavy atom. The first-order chi connectivity index (χ1) is 12.2. The molecule has 1 aromatic carbocycles. The third kappa shape index (κ3) is 4.88. The van der Waals surface area contributed by atoms with Crippen molar-refractivity contribution < 1.29 is 13.2 Å². The van der Waals surface area contributed by atoms with Crippen LogP contribution in [-0.2, 0) is 21.1 Å². The van der Waals surface area contributed by atoms with Gasteiger partial charge >= 0.3 is 0 Å². The van der Waals surface area contributed by atoms with Crippen LogP contribution in [0.1, 0.15) is 30.3 Å². The Hall–Kier alpha value is -1.80. The number of aryl methyl sites for hydroxylation is 1. The van der Waals surface area contributed by atoms with Crippen LogP contribution in [0.2, 0.25) is 0 Å². The van der Waals surface area contributed by atoms with Crippen LogP contribution in [0.5, 0.6) is 0 Å². The van der Waals surface area contributed by atoms with Crippen LogP contribution in [0.4, 0.5) is 0 Å². The molecule has 1 aliphatic rings. The maximum Gasteiger partial charge on any atom is 0.230 e. The van der Waals surface area contributed by atoms with E-state index in [2.05, 4.69) is 27.4 Å². The summed E-state index contributed by atoms with van der Waals surface area (Å²) in [7, 11) is -3.04. The fourth-order valence-electron chi connectivity index (χ4n) is 3.11. The Labute approximate surface area is 158 Å². The fourth-order valence-corrected chi connectivity index (χ4v) is 5.95. The molecule has 0 bridgehead atoms. The predicted molar refractivity (Wildman–Crippen MR) is 103 cm³/mol. The molecule has 2 heterocycles. The number of thioether (sulfide) groups is 1. The lowest BCUT2D eigenvalue weighted by atomic mass is 10.0. The summed E-state index contributed by atoms with van der Waals surface area (Å²) in [4.78, 5) is 20.0. The Morgan fingerprint density at radius 2 is 2.08 bits per heavy atom. The average Bonchev–Trinajstić information content (AvgIpc) is 3.05. The van der Waals surface area contributed by atoms with E-state index in [9.17, 15) is 13.2 Å². The van der Waals surface area contributed by atoms with E-state index in [4.69, 9.17) is 0 Å². The van der Waals surface area contributed by atoms with Crippen molar-refractivity contribution in [2.24, 2.45) is 0 Å². The largest absolute Gasteiger partial charge is 0.349 e. The van der Waals surface area contributed by atoms with E-state index >= 15 is 0 Å². The van der Waals surface area contributed by atoms with Gasteiger partial charge in [-0.05, 0) is 25.8 Å². The van der Waals surface area contributed by atoms with Crippen LogP contribution < -0.4 is 5.32 Å². The normalized spacial score (nSPS) is 21.6. The van der Waals surface area contributed by atoms with Crippen molar-refractivity contribution >= 4 is 27.5 Å². The molecule has 0 unspecified atom stereocenters. The number of imidazole rings is 1. The highest BCUT2D eigenvalue weighted by Gasteiger charge is 2.39. The maximum atomic E-state index is 12.2. The second-order valence-electron chi connectivity index (χ2n) is 7.02. The number of sulfone groups is 1. The van der Waals surface area contributed by atoms with Crippen LogP contribution in [0.15, 0.2) is 35.5 Å². The molecule has 2 aromatic rings. The summed E-state index contributed by atoms with van der Waals surface area (Å²) in [6.07, 6.45) is 1.21. The minimum Gasteiger partial charge on any atom is -0.349 e. The lowest BCUT2D eigenvalue weighted by Crippen LogP contribution is -2.47. The highest BCUT2D eigenvalue weighted by atomic mass is 32.2. The van der Waals surface area contributed by atoms with E-state index in [1.54, 1.807) is 6.92 Å². The zero-order valence-electron chi connectivity index (χ0n) is 14.9. The number of nitrogens with zero attached hydrogens (tertiary/aromatic N) is 1. The molecule has 26 heavy (non-hydrogen) atoms. The Balaban J connectivity index is 1.55. The van der Waals surface area contributed by atoms with E-state index in [0.29, 0.717) is 11.6 Å². The van der Waals surface area contributed by atoms with Crippen LogP contribution in [0.3, 0.4) is 0 Å². The highest BCUT2D eigenvalue weighted by Crippen LogP contribution is 2.24. The van der Waals surface area contributed by atoms with Crippen LogP contribution in [0, 0.1) is 6.92 Å². The number of carbonyl (C=O) groups is 1. The first-order valence-corrected chi connectivity index (χ1v) is 11.3. The number of nitrogens with one attached hydrogen (secondary N) is 2. The predicted octanol–water partition coefficient (Wildman–Crippen LogP) is 2.09. The summed E-state index contributed by atoms with van der Waals surface area (Å²) in [5, 5.41) is 3.56. The van der Waals surface area contributed by atoms with E-state index in [-0.39, 0.29) is 23.2 Å². The van der Waals surface area contributed by atoms with Crippen molar-refractivity contribution in [1.82, 2.24) is 15.3 Å². The van der Waals surface area contributed by atoms with Crippen LogP contribution >= 0.6 is 11.8 Å². The summed E-state index contributed by atoms with van der Waals surface area (Å²) in [6, 6.07) is 10.1. The highest BCUT2D eigenvalue weighted by molar-refractivity contribution is 7.99. The van der Waals surface area contributed by atoms with E-state index in [1.165, 1.54) is 17.3 Å². The molecule has 2 N–H and O–H groups in total. The number of aromatic nitrogens is 2. The molecule has 1 aromatic heterocycles. The number of benzene rings is 1. The molecule has 140 valence electrons. The number of aromatic amines is 1. The molecule has 0 spiro atoms. The number of hydrogen-bond donors (Lipinski definition) is 2. The molecule has 0 radical (unpaired) electrons. The van der Waals surface area contributed by atoms with Gasteiger partial charge in [-0.2, -0.15) is 0 Å². The first kappa shape index (κ1) is 19.0. The van der Waals surface area contributed by atoms with Crippen LogP contribution in [-0.4, -0.2) is 47.1 Å². The van der Waals surface area contributed by atoms with Crippen molar-refractivity contribution in [2.75, 3.05) is 17.3 Å². The molecule has 8 heteroatoms. The van der Waals surface area contributed by atoms with Crippen molar-refractivity contribution in [1.29, 1.82) is 0 Å². The molecule has 1 amide bonds. The quantitative estimate of drug-likeness (QED) is 0.733. The Bertz CT molecular complexity index is 894. The van der Waals surface area contributed by atoms with Gasteiger partial charge in [0.2, 0.25) is 5.91 Å². The molecule has 1 atom stereocenters. The monoisotopic (exact) mass is 393 g/mol. The van der Waals surface area contributed by atoms with E-state index < -0.39 is 15.4 Å². The summed E-state index contributed by atoms with van der Waals surface area (Å²) in [6.45, 7) is 3.76. The zero-order chi connectivity index (χ0) is 18.8. The topological polar surface area (TPSA) is 91.9 Å². The van der Waals surface area contributed by atoms with Gasteiger partial charge in [-0.1, -0.05) is 42.1 Å². The smallest absolute Gasteiger partial charge is 0.230 e. The lowest BCUT2D eigenvalue weighted by Gasteiger charge is -2.23. The molecule has 0 aliphatic carbocycles. The van der Waals surface area contributed by atoms with Crippen molar-refractivity contribution in [3.8, 4) is 0 Å². The standard InChI is InChI=1S/C18H23N3O3S2/c1-13-15(10-14-6-4-3-5-7-14)20-17(19-13)25-11-16(22)21-18(2)8-9-26(23,24)12-18/h3-7H,8-12H2,1-2H3,(H,19,20)(H,21,22)/t18-/m1/s1. The van der Waals surface area contributed by atoms with Crippen molar-refractivity contribution in [3.63, 3.8) is 0 Å². The van der Waals surface area contributed by atoms with Gasteiger partial charge in [0.25, 0.3) is 0 Å². The van der Waals surface area contributed by atoms with Gasteiger partial charge in [-0.15, -0.1) is 0 Å². The second kappa shape index (κ2) is 7.44. The lowest BCUT2D eigenvalue weighted by molar-refractivity contribution is -0.120. The number of rotatable bonds is 6. The summed E-state index contributed by atoms with van der Waals surface area (Å²) in [5.41, 5.74) is 2.49. The molecule has 1 fully saturated rings. The maximum absolute atomic E-state index is 12.2. The van der Waals surface area contributed by atoms with Gasteiger partial charge < -0.3 is 10.3 Å². The van der Waals surface area contributed by atoms with Gasteiger partial charge in [0, 0.05) is 12.1 Å². The molecular weight excluding hydrogens is 370 g/mol. The molecule has 1 saturated heterocycles. The average molecular weight is 394 g/mol. The number of amides is 1. The number of H-pyrrole nitrogens is 1. The molecule has 0 saturated carbocycles. The third-order valence-corrected chi connectivity index (χ3v) is 7.24. The van der Waals surface area contributed by atoms with Gasteiger partial charge in [-0.3, -0.25) is 4.79 Å². The second-order valence-corrected chi connectivity index (χ2v) is 10.2. The molecule has 3 rings (SSSR count). The first-order valence-electron chi connectivity index (χ1n) is 8.48. The van der Waals surface area contributed by atoms with Gasteiger partial charge in [0.05, 0.1) is 28.5 Å². The minimum absolute atomic E-state index is 0.0114. The summed E-state index contributed by atoms with van der Waals surface area (Å²) in [5.74, 6) is 0.176. The molecule has 1 aliphatic heterocycles.